The lowest BCUT2D eigenvalue weighted by Gasteiger charge is -2.18. The van der Waals surface area contributed by atoms with Crippen molar-refractivity contribution in [3.63, 3.8) is 0 Å². The van der Waals surface area contributed by atoms with Gasteiger partial charge in [-0.2, -0.15) is 5.26 Å². The van der Waals surface area contributed by atoms with E-state index < -0.39 is 14.6 Å². The van der Waals surface area contributed by atoms with Gasteiger partial charge in [-0.3, -0.25) is 0 Å². The van der Waals surface area contributed by atoms with Crippen molar-refractivity contribution in [1.82, 2.24) is 0 Å². The Balaban J connectivity index is 2.20. The lowest BCUT2D eigenvalue weighted by molar-refractivity contribution is 0.336. The molecule has 0 aliphatic rings. The number of hydrogen-bond acceptors (Lipinski definition) is 5. The number of ether oxygens (including phenoxy) is 1. The van der Waals surface area contributed by atoms with Gasteiger partial charge in [-0.15, -0.1) is 0 Å². The van der Waals surface area contributed by atoms with E-state index in [4.69, 9.17) is 14.4 Å². The molecule has 2 aromatic rings. The van der Waals surface area contributed by atoms with Gasteiger partial charge < -0.3 is 9.15 Å². The van der Waals surface area contributed by atoms with E-state index in [1.807, 2.05) is 6.07 Å². The molecule has 0 saturated carbocycles. The molecule has 0 bridgehead atoms. The Labute approximate surface area is 124 Å². The molecule has 21 heavy (non-hydrogen) atoms. The lowest BCUT2D eigenvalue weighted by atomic mass is 10.2. The number of para-hydroxylation sites is 1. The minimum atomic E-state index is -3.26. The molecule has 1 aromatic carbocycles. The van der Waals surface area contributed by atoms with Gasteiger partial charge >= 0.3 is 0 Å². The Bertz CT molecular complexity index is 791. The zero-order valence-corrected chi connectivity index (χ0v) is 13.0. The van der Waals surface area contributed by atoms with E-state index in [1.54, 1.807) is 45.0 Å². The second-order valence-electron chi connectivity index (χ2n) is 5.65. The number of nitrogens with zero attached hydrogens (tertiary/aromatic N) is 1. The Hall–Kier alpha value is -2.00. The van der Waals surface area contributed by atoms with Gasteiger partial charge in [0.15, 0.2) is 15.6 Å². The van der Waals surface area contributed by atoms with Crippen LogP contribution in [0.2, 0.25) is 0 Å². The first-order valence-electron chi connectivity index (χ1n) is 6.53. The molecule has 2 rings (SSSR count). The Kier molecular flexibility index (Phi) is 3.97. The summed E-state index contributed by atoms with van der Waals surface area (Å²) in [4.78, 5) is 0. The van der Waals surface area contributed by atoms with Gasteiger partial charge in [0.25, 0.3) is 0 Å². The predicted molar refractivity (Wildman–Crippen MR) is 80.0 cm³/mol. The maximum Gasteiger partial charge on any atom is 0.246 e. The van der Waals surface area contributed by atoms with Gasteiger partial charge in [0.05, 0.1) is 15.9 Å². The highest BCUT2D eigenvalue weighted by Crippen LogP contribution is 2.32. The van der Waals surface area contributed by atoms with Crippen molar-refractivity contribution in [2.24, 2.45) is 0 Å². The van der Waals surface area contributed by atoms with E-state index in [9.17, 15) is 8.42 Å². The minimum absolute atomic E-state index is 0.0161. The molecule has 0 atom stereocenters. The monoisotopic (exact) mass is 307 g/mol. The summed E-state index contributed by atoms with van der Waals surface area (Å²) >= 11 is 0. The summed E-state index contributed by atoms with van der Waals surface area (Å²) in [6.07, 6.45) is 0. The van der Waals surface area contributed by atoms with Crippen molar-refractivity contribution in [1.29, 1.82) is 5.26 Å². The van der Waals surface area contributed by atoms with Crippen LogP contribution in [0, 0.1) is 11.3 Å². The van der Waals surface area contributed by atoms with E-state index in [0.29, 0.717) is 16.7 Å². The molecule has 0 spiro atoms. The van der Waals surface area contributed by atoms with Crippen LogP contribution in [0.25, 0.3) is 11.0 Å². The molecule has 0 aliphatic carbocycles. The second-order valence-corrected chi connectivity index (χ2v) is 8.51. The third kappa shape index (κ3) is 3.03. The summed E-state index contributed by atoms with van der Waals surface area (Å²) < 4.78 is 34.1. The summed E-state index contributed by atoms with van der Waals surface area (Å²) in [5.41, 5.74) is 0.544. The molecule has 0 amide bonds. The number of rotatable bonds is 4. The van der Waals surface area contributed by atoms with Crippen LogP contribution in [0.1, 0.15) is 26.5 Å². The van der Waals surface area contributed by atoms with E-state index >= 15 is 0 Å². The van der Waals surface area contributed by atoms with Crippen LogP contribution in [0.4, 0.5) is 0 Å². The highest BCUT2D eigenvalue weighted by molar-refractivity contribution is 7.92. The Morgan fingerprint density at radius 1 is 1.29 bits per heavy atom. The molecule has 1 aromatic heterocycles. The molecule has 6 heteroatoms. The average molecular weight is 307 g/mol. The standard InChI is InChI=1S/C15H17NO4S/c1-15(2,3)21(17,18)9-8-19-14-11-6-4-5-7-12(11)20-13(14)10-16/h4-7H,8-9H2,1-3H3. The number of furan rings is 1. The van der Waals surface area contributed by atoms with E-state index in [0.717, 1.165) is 0 Å². The van der Waals surface area contributed by atoms with Crippen LogP contribution in [0.5, 0.6) is 5.75 Å². The number of benzene rings is 1. The third-order valence-electron chi connectivity index (χ3n) is 3.18. The molecule has 0 N–H and O–H groups in total. The highest BCUT2D eigenvalue weighted by atomic mass is 32.2. The van der Waals surface area contributed by atoms with E-state index in [-0.39, 0.29) is 18.1 Å². The fourth-order valence-corrected chi connectivity index (χ4v) is 2.71. The fourth-order valence-electron chi connectivity index (χ4n) is 1.80. The normalized spacial score (nSPS) is 12.3. The first-order valence-corrected chi connectivity index (χ1v) is 8.18. The van der Waals surface area contributed by atoms with Crippen molar-refractivity contribution in [2.45, 2.75) is 25.5 Å². The zero-order valence-electron chi connectivity index (χ0n) is 12.2. The van der Waals surface area contributed by atoms with Crippen LogP contribution in [0.3, 0.4) is 0 Å². The van der Waals surface area contributed by atoms with Crippen LogP contribution in [0.15, 0.2) is 28.7 Å². The van der Waals surface area contributed by atoms with Gasteiger partial charge in [-0.05, 0) is 32.9 Å². The summed E-state index contributed by atoms with van der Waals surface area (Å²) in [5.74, 6) is 0.252. The summed E-state index contributed by atoms with van der Waals surface area (Å²) in [7, 11) is -3.26. The first kappa shape index (κ1) is 15.4. The summed E-state index contributed by atoms with van der Waals surface area (Å²) in [5, 5.41) is 9.73. The van der Waals surface area contributed by atoms with Gasteiger partial charge in [0.2, 0.25) is 5.76 Å². The van der Waals surface area contributed by atoms with E-state index in [2.05, 4.69) is 0 Å². The largest absolute Gasteiger partial charge is 0.487 e. The molecule has 0 unspecified atom stereocenters. The molecule has 0 saturated heterocycles. The summed E-state index contributed by atoms with van der Waals surface area (Å²) in [6.45, 7) is 4.93. The van der Waals surface area contributed by atoms with Crippen LogP contribution >= 0.6 is 0 Å². The third-order valence-corrected chi connectivity index (χ3v) is 5.75. The Morgan fingerprint density at radius 2 is 1.95 bits per heavy atom. The van der Waals surface area contributed by atoms with Gasteiger partial charge in [0, 0.05) is 0 Å². The molecule has 5 nitrogen and oxygen atoms in total. The van der Waals surface area contributed by atoms with Crippen LogP contribution in [-0.4, -0.2) is 25.5 Å². The lowest BCUT2D eigenvalue weighted by Crippen LogP contribution is -2.32. The first-order chi connectivity index (χ1) is 9.76. The smallest absolute Gasteiger partial charge is 0.246 e. The van der Waals surface area contributed by atoms with Gasteiger partial charge in [-0.25, -0.2) is 8.42 Å². The maximum atomic E-state index is 12.0. The van der Waals surface area contributed by atoms with Crippen molar-refractivity contribution in [3.05, 3.63) is 30.0 Å². The van der Waals surface area contributed by atoms with Crippen molar-refractivity contribution in [3.8, 4) is 11.8 Å². The molecular weight excluding hydrogens is 290 g/mol. The number of sulfone groups is 1. The molecular formula is C15H17NO4S. The molecule has 112 valence electrons. The van der Waals surface area contributed by atoms with Crippen molar-refractivity contribution in [2.75, 3.05) is 12.4 Å². The average Bonchev–Trinajstić information content (AvgIpc) is 2.75. The zero-order chi connectivity index (χ0) is 15.7. The van der Waals surface area contributed by atoms with Crippen LogP contribution in [-0.2, 0) is 9.84 Å². The van der Waals surface area contributed by atoms with Gasteiger partial charge in [-0.1, -0.05) is 12.1 Å². The molecule has 0 fully saturated rings. The highest BCUT2D eigenvalue weighted by Gasteiger charge is 2.29. The maximum absolute atomic E-state index is 12.0. The molecule has 0 radical (unpaired) electrons. The topological polar surface area (TPSA) is 80.3 Å². The van der Waals surface area contributed by atoms with Crippen LogP contribution < -0.4 is 4.74 Å². The molecule has 1 heterocycles. The SMILES string of the molecule is CC(C)(C)S(=O)(=O)CCOc1c(C#N)oc2ccccc12. The fraction of sp³-hybridized carbons (Fsp3) is 0.400. The van der Waals surface area contributed by atoms with Crippen molar-refractivity contribution < 1.29 is 17.6 Å². The van der Waals surface area contributed by atoms with E-state index in [1.165, 1.54) is 0 Å². The number of fused-ring (bicyclic) bond motifs is 1. The second kappa shape index (κ2) is 5.41. The quantitative estimate of drug-likeness (QED) is 0.867. The summed E-state index contributed by atoms with van der Waals surface area (Å²) in [6, 6.07) is 9.02. The van der Waals surface area contributed by atoms with Gasteiger partial charge in [0.1, 0.15) is 18.3 Å². The molecule has 0 aliphatic heterocycles. The minimum Gasteiger partial charge on any atom is -0.487 e. The number of nitriles is 1. The number of hydrogen-bond donors (Lipinski definition) is 0. The van der Waals surface area contributed by atoms with Crippen molar-refractivity contribution >= 4 is 20.8 Å². The predicted octanol–water partition coefficient (Wildman–Crippen LogP) is 2.90. The Morgan fingerprint density at radius 3 is 2.57 bits per heavy atom.